The van der Waals surface area contributed by atoms with Crippen molar-refractivity contribution < 1.29 is 57.0 Å². The summed E-state index contributed by atoms with van der Waals surface area (Å²) in [4.78, 5) is 27.8. The monoisotopic (exact) mass is 984 g/mol. The van der Waals surface area contributed by atoms with Gasteiger partial charge in [-0.05, 0) is 59.0 Å². The van der Waals surface area contributed by atoms with Gasteiger partial charge in [0.15, 0.2) is 18.7 Å². The van der Waals surface area contributed by atoms with Crippen LogP contribution in [0, 0.1) is 0 Å². The Morgan fingerprint density at radius 1 is 0.370 bits per heavy atom. The van der Waals surface area contributed by atoms with Crippen LogP contribution in [0.5, 0.6) is 0 Å². The number of hydrogen-bond acceptors (Lipinski definition) is 12. The SMILES string of the molecule is C[C@@H]1O[C@@H](OCc2ccccc2)[C@H](OC(=O)c2ccccc2)[C@H](OCc2ccccc2)[C@H]1O[C@H]1O[C@H](COC(=O)c2ccccc2)[C@@H](OCc2ccccc2)[C@H](OCc2ccccc2)[C@@H]1OCc1ccccc1. The molecule has 2 heterocycles. The van der Waals surface area contributed by atoms with Gasteiger partial charge in [0.25, 0.3) is 0 Å². The summed E-state index contributed by atoms with van der Waals surface area (Å²) in [6.07, 6.45) is -9.96. The number of esters is 2. The van der Waals surface area contributed by atoms with Crippen molar-refractivity contribution in [3.8, 4) is 0 Å². The molecule has 10 atom stereocenters. The van der Waals surface area contributed by atoms with Gasteiger partial charge in [-0.2, -0.15) is 0 Å². The summed E-state index contributed by atoms with van der Waals surface area (Å²) in [5.41, 5.74) is 5.20. The Bertz CT molecular complexity index is 2700. The fourth-order valence-corrected chi connectivity index (χ4v) is 8.85. The molecule has 0 aromatic heterocycles. The Kier molecular flexibility index (Phi) is 18.3. The Hall–Kier alpha value is -6.84. The number of carbonyl (C=O) groups excluding carboxylic acids is 2. The van der Waals surface area contributed by atoms with Crippen molar-refractivity contribution in [3.63, 3.8) is 0 Å². The Morgan fingerprint density at radius 3 is 1.16 bits per heavy atom. The lowest BCUT2D eigenvalue weighted by atomic mass is 9.96. The van der Waals surface area contributed by atoms with Gasteiger partial charge in [0, 0.05) is 0 Å². The lowest BCUT2D eigenvalue weighted by Gasteiger charge is -2.49. The van der Waals surface area contributed by atoms with Gasteiger partial charge in [-0.3, -0.25) is 0 Å². The molecule has 73 heavy (non-hydrogen) atoms. The largest absolute Gasteiger partial charge is 0.459 e. The third-order valence-corrected chi connectivity index (χ3v) is 12.6. The molecule has 0 unspecified atom stereocenters. The van der Waals surface area contributed by atoms with Crippen molar-refractivity contribution in [2.45, 2.75) is 101 Å². The van der Waals surface area contributed by atoms with E-state index in [1.807, 2.05) is 171 Å². The van der Waals surface area contributed by atoms with E-state index in [0.29, 0.717) is 11.1 Å². The minimum absolute atomic E-state index is 0.124. The number of rotatable bonds is 22. The average molecular weight is 985 g/mol. The standard InChI is InChI=1S/C61H60O12/c1-43-52(54(65-38-45-25-11-3-12-26-45)57(72-59(63)50-35-21-8-22-36-50)60(70-43)69-41-48-31-17-6-18-32-48)73-61-56(67-40-47-29-15-5-16-30-47)55(66-39-46-27-13-4-14-28-46)53(64-37-44-23-9-2-10-24-44)51(71-61)42-68-58(62)49-33-19-7-20-34-49/h2-36,43,51-57,60-61H,37-42H2,1H3/t43-,51+,52-,53+,54+,55-,56-,57+,60+,61+/m0/s1. The molecule has 7 aromatic carbocycles. The molecule has 2 saturated heterocycles. The van der Waals surface area contributed by atoms with Gasteiger partial charge in [-0.15, -0.1) is 0 Å². The van der Waals surface area contributed by atoms with Crippen molar-refractivity contribution in [1.82, 2.24) is 0 Å². The fraction of sp³-hybridized carbons (Fsp3) is 0.279. The maximum absolute atomic E-state index is 14.2. The van der Waals surface area contributed by atoms with Crippen LogP contribution < -0.4 is 0 Å². The lowest BCUT2D eigenvalue weighted by molar-refractivity contribution is -0.370. The zero-order valence-electron chi connectivity index (χ0n) is 40.6. The second kappa shape index (κ2) is 26.2. The Balaban J connectivity index is 1.10. The van der Waals surface area contributed by atoms with E-state index in [2.05, 4.69) is 0 Å². The number of ether oxygens (including phenoxy) is 10. The number of hydrogen-bond donors (Lipinski definition) is 0. The third-order valence-electron chi connectivity index (χ3n) is 12.6. The predicted molar refractivity (Wildman–Crippen MR) is 272 cm³/mol. The minimum Gasteiger partial charge on any atom is -0.459 e. The molecule has 0 aliphatic carbocycles. The molecule has 0 radical (unpaired) electrons. The van der Waals surface area contributed by atoms with E-state index in [4.69, 9.17) is 47.4 Å². The van der Waals surface area contributed by atoms with E-state index in [1.165, 1.54) is 0 Å². The summed E-state index contributed by atoms with van der Waals surface area (Å²) in [5, 5.41) is 0. The van der Waals surface area contributed by atoms with Crippen molar-refractivity contribution in [1.29, 1.82) is 0 Å². The first-order valence-corrected chi connectivity index (χ1v) is 24.7. The van der Waals surface area contributed by atoms with E-state index in [-0.39, 0.29) is 39.6 Å². The summed E-state index contributed by atoms with van der Waals surface area (Å²) >= 11 is 0. The third kappa shape index (κ3) is 14.2. The van der Waals surface area contributed by atoms with Crippen molar-refractivity contribution in [2.24, 2.45) is 0 Å². The van der Waals surface area contributed by atoms with Crippen molar-refractivity contribution in [2.75, 3.05) is 6.61 Å². The second-order valence-electron chi connectivity index (χ2n) is 17.9. The van der Waals surface area contributed by atoms with E-state index < -0.39 is 73.4 Å². The molecule has 0 saturated carbocycles. The molecular formula is C61H60O12. The summed E-state index contributed by atoms with van der Waals surface area (Å²) in [7, 11) is 0. The molecule has 2 fully saturated rings. The quantitative estimate of drug-likeness (QED) is 0.0600. The summed E-state index contributed by atoms with van der Waals surface area (Å²) in [6.45, 7) is 2.41. The molecule has 0 bridgehead atoms. The van der Waals surface area contributed by atoms with Crippen molar-refractivity contribution >= 4 is 11.9 Å². The molecule has 7 aromatic rings. The molecule has 2 aliphatic heterocycles. The Morgan fingerprint density at radius 2 is 0.726 bits per heavy atom. The predicted octanol–water partition coefficient (Wildman–Crippen LogP) is 10.5. The molecule has 9 rings (SSSR count). The number of carbonyl (C=O) groups is 2. The molecular weight excluding hydrogens is 925 g/mol. The maximum atomic E-state index is 14.2. The maximum Gasteiger partial charge on any atom is 0.338 e. The van der Waals surface area contributed by atoms with Crippen LogP contribution in [0.1, 0.15) is 55.5 Å². The normalized spacial score (nSPS) is 23.8. The van der Waals surface area contributed by atoms with Crippen LogP contribution in [0.15, 0.2) is 212 Å². The molecule has 0 N–H and O–H groups in total. The molecule has 0 amide bonds. The highest BCUT2D eigenvalue weighted by Gasteiger charge is 2.54. The molecule has 2 aliphatic rings. The van der Waals surface area contributed by atoms with E-state index in [1.54, 1.807) is 48.5 Å². The first-order valence-electron chi connectivity index (χ1n) is 24.7. The summed E-state index contributed by atoms with van der Waals surface area (Å²) in [6, 6.07) is 66.2. The molecule has 376 valence electrons. The first-order chi connectivity index (χ1) is 35.9. The fourth-order valence-electron chi connectivity index (χ4n) is 8.85. The molecule has 12 nitrogen and oxygen atoms in total. The van der Waals surface area contributed by atoms with Gasteiger partial charge in [0.05, 0.1) is 50.3 Å². The second-order valence-corrected chi connectivity index (χ2v) is 17.9. The van der Waals surface area contributed by atoms with Gasteiger partial charge in [0.1, 0.15) is 43.2 Å². The lowest BCUT2D eigenvalue weighted by Crippen LogP contribution is -2.65. The van der Waals surface area contributed by atoms with Crippen LogP contribution in [0.4, 0.5) is 0 Å². The zero-order valence-corrected chi connectivity index (χ0v) is 40.6. The summed E-state index contributed by atoms with van der Waals surface area (Å²) < 4.78 is 67.8. The van der Waals surface area contributed by atoms with Gasteiger partial charge >= 0.3 is 11.9 Å². The van der Waals surface area contributed by atoms with Gasteiger partial charge in [-0.25, -0.2) is 9.59 Å². The highest BCUT2D eigenvalue weighted by molar-refractivity contribution is 5.89. The highest BCUT2D eigenvalue weighted by atomic mass is 16.8. The molecule has 0 spiro atoms. The van der Waals surface area contributed by atoms with Crippen LogP contribution in [-0.4, -0.2) is 80.0 Å². The van der Waals surface area contributed by atoms with Crippen LogP contribution in [0.25, 0.3) is 0 Å². The van der Waals surface area contributed by atoms with Gasteiger partial charge in [0.2, 0.25) is 0 Å². The van der Waals surface area contributed by atoms with Crippen LogP contribution in [0.3, 0.4) is 0 Å². The highest BCUT2D eigenvalue weighted by Crippen LogP contribution is 2.37. The minimum atomic E-state index is -1.24. The first kappa shape index (κ1) is 51.1. The van der Waals surface area contributed by atoms with E-state index in [9.17, 15) is 9.59 Å². The van der Waals surface area contributed by atoms with Crippen LogP contribution in [0.2, 0.25) is 0 Å². The van der Waals surface area contributed by atoms with E-state index >= 15 is 0 Å². The average Bonchev–Trinajstić information content (AvgIpc) is 3.45. The smallest absolute Gasteiger partial charge is 0.338 e. The summed E-state index contributed by atoms with van der Waals surface area (Å²) in [5.74, 6) is -1.14. The van der Waals surface area contributed by atoms with E-state index in [0.717, 1.165) is 27.8 Å². The van der Waals surface area contributed by atoms with Crippen molar-refractivity contribution in [3.05, 3.63) is 251 Å². The number of benzene rings is 7. The van der Waals surface area contributed by atoms with Gasteiger partial charge in [-0.1, -0.05) is 188 Å². The van der Waals surface area contributed by atoms with Crippen LogP contribution >= 0.6 is 0 Å². The molecule has 12 heteroatoms. The zero-order chi connectivity index (χ0) is 50.0. The van der Waals surface area contributed by atoms with Gasteiger partial charge < -0.3 is 47.4 Å². The topological polar surface area (TPSA) is 126 Å². The van der Waals surface area contributed by atoms with Crippen LogP contribution in [-0.2, 0) is 80.4 Å². The Labute approximate surface area is 426 Å².